The molecule has 1 unspecified atom stereocenters. The van der Waals surface area contributed by atoms with Crippen molar-refractivity contribution in [3.63, 3.8) is 0 Å². The molecule has 1 amide bonds. The third-order valence-corrected chi connectivity index (χ3v) is 8.09. The summed E-state index contributed by atoms with van der Waals surface area (Å²) in [6, 6.07) is 8.89. The van der Waals surface area contributed by atoms with Gasteiger partial charge in [0.15, 0.2) is 5.69 Å². The molecular weight excluding hydrogens is 523 g/mol. The Morgan fingerprint density at radius 1 is 1.26 bits per heavy atom. The van der Waals surface area contributed by atoms with E-state index in [1.165, 1.54) is 22.2 Å². The molecular formula is C29H32F3N5OS. The Kier molecular flexibility index (Phi) is 8.33. The first-order chi connectivity index (χ1) is 18.4. The largest absolute Gasteiger partial charge is 0.435 e. The van der Waals surface area contributed by atoms with Gasteiger partial charge in [-0.1, -0.05) is 44.2 Å². The number of aryl methyl sites for hydroxylation is 1. The number of carbonyl (C=O) groups excluding carboxylic acids is 1. The Bertz CT molecular complexity index is 1400. The van der Waals surface area contributed by atoms with Gasteiger partial charge in [0, 0.05) is 47.8 Å². The van der Waals surface area contributed by atoms with Crippen LogP contribution in [-0.4, -0.2) is 52.2 Å². The smallest absolute Gasteiger partial charge is 0.333 e. The third-order valence-electron chi connectivity index (χ3n) is 7.06. The number of carbonyl (C=O) groups is 1. The van der Waals surface area contributed by atoms with Crippen molar-refractivity contribution in [1.29, 1.82) is 0 Å². The Balaban J connectivity index is 1.79. The number of alkyl halides is 3. The van der Waals surface area contributed by atoms with Crippen LogP contribution in [0.4, 0.5) is 18.2 Å². The van der Waals surface area contributed by atoms with Crippen molar-refractivity contribution < 1.29 is 18.0 Å². The van der Waals surface area contributed by atoms with E-state index in [2.05, 4.69) is 28.7 Å². The number of fused-ring (bicyclic) bond motifs is 1. The molecule has 2 aromatic heterocycles. The molecule has 206 valence electrons. The van der Waals surface area contributed by atoms with Gasteiger partial charge in [-0.25, -0.2) is 4.85 Å². The fraction of sp³-hybridized carbons (Fsp3) is 0.414. The van der Waals surface area contributed by atoms with Crippen molar-refractivity contribution in [1.82, 2.24) is 19.6 Å². The summed E-state index contributed by atoms with van der Waals surface area (Å²) in [4.78, 5) is 21.6. The van der Waals surface area contributed by atoms with Gasteiger partial charge < -0.3 is 9.80 Å². The Morgan fingerprint density at radius 3 is 2.59 bits per heavy atom. The van der Waals surface area contributed by atoms with Crippen molar-refractivity contribution in [3.8, 4) is 11.1 Å². The predicted octanol–water partition coefficient (Wildman–Crippen LogP) is 6.82. The molecule has 0 saturated carbocycles. The zero-order chi connectivity index (χ0) is 28.5. The lowest BCUT2D eigenvalue weighted by Crippen LogP contribution is -2.38. The Hall–Kier alpha value is -3.42. The normalized spacial score (nSPS) is 16.6. The molecule has 1 aromatic carbocycles. The fourth-order valence-corrected chi connectivity index (χ4v) is 6.23. The Morgan fingerprint density at radius 2 is 1.97 bits per heavy atom. The van der Waals surface area contributed by atoms with Crippen molar-refractivity contribution in [2.75, 3.05) is 20.6 Å². The lowest BCUT2D eigenvalue weighted by molar-refractivity contribution is -0.141. The van der Waals surface area contributed by atoms with Crippen molar-refractivity contribution in [2.24, 2.45) is 5.92 Å². The third kappa shape index (κ3) is 5.94. The zero-order valence-electron chi connectivity index (χ0n) is 22.7. The van der Waals surface area contributed by atoms with E-state index >= 15 is 0 Å². The van der Waals surface area contributed by atoms with Crippen LogP contribution >= 0.6 is 11.3 Å². The van der Waals surface area contributed by atoms with Gasteiger partial charge in [0.2, 0.25) is 10.9 Å². The van der Waals surface area contributed by atoms with Crippen molar-refractivity contribution in [2.45, 2.75) is 52.0 Å². The van der Waals surface area contributed by atoms with Crippen LogP contribution in [0, 0.1) is 12.5 Å². The summed E-state index contributed by atoms with van der Waals surface area (Å²) in [6.45, 7) is 14.4. The SMILES string of the molecule is [C-]#[N+]c1cc2c(s1)CN(C(=O)/C=C/C(C(C)C)N(C)C)C[C@H]2c1ccccc1-c1cn(CC)nc1C(F)(F)F. The highest BCUT2D eigenvalue weighted by Crippen LogP contribution is 2.45. The van der Waals surface area contributed by atoms with E-state index in [-0.39, 0.29) is 17.5 Å². The average Bonchev–Trinajstić information content (AvgIpc) is 3.52. The van der Waals surface area contributed by atoms with Gasteiger partial charge in [-0.2, -0.15) is 29.6 Å². The monoisotopic (exact) mass is 555 g/mol. The minimum atomic E-state index is -4.62. The molecule has 1 aliphatic rings. The predicted molar refractivity (Wildman–Crippen MR) is 148 cm³/mol. The number of thiophene rings is 1. The first-order valence-corrected chi connectivity index (χ1v) is 13.6. The summed E-state index contributed by atoms with van der Waals surface area (Å²) in [6.07, 6.45) is 0.309. The summed E-state index contributed by atoms with van der Waals surface area (Å²) in [7, 11) is 3.93. The first-order valence-electron chi connectivity index (χ1n) is 12.8. The second-order valence-corrected chi connectivity index (χ2v) is 11.4. The minimum absolute atomic E-state index is 0.0104. The fourth-order valence-electron chi connectivity index (χ4n) is 5.21. The number of nitrogens with zero attached hydrogens (tertiary/aromatic N) is 5. The lowest BCUT2D eigenvalue weighted by atomic mass is 9.83. The van der Waals surface area contributed by atoms with Gasteiger partial charge in [-0.05, 0) is 49.7 Å². The second kappa shape index (κ2) is 11.4. The van der Waals surface area contributed by atoms with Crippen LogP contribution < -0.4 is 0 Å². The first kappa shape index (κ1) is 28.6. The van der Waals surface area contributed by atoms with Crippen LogP contribution in [0.1, 0.15) is 48.4 Å². The van der Waals surface area contributed by atoms with Crippen LogP contribution in [-0.2, 0) is 24.1 Å². The molecule has 39 heavy (non-hydrogen) atoms. The van der Waals surface area contributed by atoms with Gasteiger partial charge in [0.05, 0.1) is 13.1 Å². The van der Waals surface area contributed by atoms with Crippen LogP contribution in [0.2, 0.25) is 0 Å². The van der Waals surface area contributed by atoms with Crippen molar-refractivity contribution in [3.05, 3.63) is 81.8 Å². The molecule has 0 radical (unpaired) electrons. The number of halogens is 3. The molecule has 3 heterocycles. The zero-order valence-corrected chi connectivity index (χ0v) is 23.5. The topological polar surface area (TPSA) is 45.7 Å². The van der Waals surface area contributed by atoms with E-state index in [1.54, 1.807) is 36.1 Å². The highest BCUT2D eigenvalue weighted by atomic mass is 32.1. The van der Waals surface area contributed by atoms with Crippen LogP contribution in [0.5, 0.6) is 0 Å². The maximum absolute atomic E-state index is 14.0. The molecule has 0 fully saturated rings. The molecule has 10 heteroatoms. The van der Waals surface area contributed by atoms with Gasteiger partial charge in [-0.3, -0.25) is 9.48 Å². The van der Waals surface area contributed by atoms with Crippen molar-refractivity contribution >= 4 is 22.2 Å². The van der Waals surface area contributed by atoms with Gasteiger partial charge in [0.25, 0.3) is 0 Å². The van der Waals surface area contributed by atoms with E-state index in [9.17, 15) is 18.0 Å². The molecule has 0 aliphatic carbocycles. The summed E-state index contributed by atoms with van der Waals surface area (Å²) in [5, 5.41) is 4.31. The number of rotatable bonds is 7. The number of hydrogen-bond acceptors (Lipinski definition) is 4. The van der Waals surface area contributed by atoms with Crippen LogP contribution in [0.15, 0.2) is 48.7 Å². The van der Waals surface area contributed by atoms with Gasteiger partial charge >= 0.3 is 6.18 Å². The molecule has 0 saturated heterocycles. The number of hydrogen-bond donors (Lipinski definition) is 0. The number of likely N-dealkylation sites (N-methyl/N-ethyl adjacent to an activating group) is 1. The molecule has 2 atom stereocenters. The number of aromatic nitrogens is 2. The molecule has 1 aliphatic heterocycles. The van der Waals surface area contributed by atoms with E-state index < -0.39 is 17.8 Å². The second-order valence-electron chi connectivity index (χ2n) is 10.2. The van der Waals surface area contributed by atoms with E-state index in [0.717, 1.165) is 10.4 Å². The van der Waals surface area contributed by atoms with Crippen LogP contribution in [0.25, 0.3) is 16.0 Å². The highest BCUT2D eigenvalue weighted by Gasteiger charge is 2.39. The number of amides is 1. The summed E-state index contributed by atoms with van der Waals surface area (Å²) >= 11 is 1.33. The van der Waals surface area contributed by atoms with E-state index in [0.29, 0.717) is 41.7 Å². The highest BCUT2D eigenvalue weighted by molar-refractivity contribution is 7.16. The van der Waals surface area contributed by atoms with Gasteiger partial charge in [0.1, 0.15) is 0 Å². The molecule has 6 nitrogen and oxygen atoms in total. The van der Waals surface area contributed by atoms with E-state index in [4.69, 9.17) is 6.57 Å². The minimum Gasteiger partial charge on any atom is -0.333 e. The lowest BCUT2D eigenvalue weighted by Gasteiger charge is -2.34. The molecule has 0 bridgehead atoms. The molecule has 0 N–H and O–H groups in total. The van der Waals surface area contributed by atoms with Gasteiger partial charge in [-0.15, -0.1) is 0 Å². The summed E-state index contributed by atoms with van der Waals surface area (Å²) in [5.74, 6) is -0.250. The Labute approximate surface area is 231 Å². The van der Waals surface area contributed by atoms with Crippen LogP contribution in [0.3, 0.4) is 0 Å². The standard InChI is InChI=1S/C29H32F3N5OS/c1-7-37-16-23(28(34-37)29(30,31)32)20-11-9-8-10-19(20)22-15-36(17-25-21(22)14-26(33-4)39-25)27(38)13-12-24(18(2)3)35(5)6/h8-14,16,18,22,24H,7,15,17H2,1-3,5-6H3/b13-12+/t22-,24?/m0/s1. The molecule has 0 spiro atoms. The maximum atomic E-state index is 14.0. The average molecular weight is 556 g/mol. The number of benzene rings is 1. The summed E-state index contributed by atoms with van der Waals surface area (Å²) < 4.78 is 43.3. The quantitative estimate of drug-likeness (QED) is 0.238. The maximum Gasteiger partial charge on any atom is 0.435 e. The van der Waals surface area contributed by atoms with E-state index in [1.807, 2.05) is 32.3 Å². The summed E-state index contributed by atoms with van der Waals surface area (Å²) in [5.41, 5.74) is 1.06. The molecule has 4 rings (SSSR count). The molecule has 3 aromatic rings.